The second-order valence-electron chi connectivity index (χ2n) is 8.72. The Labute approximate surface area is 229 Å². The summed E-state index contributed by atoms with van der Waals surface area (Å²) >= 11 is 3.62. The third-order valence-corrected chi connectivity index (χ3v) is 6.76. The number of halogens is 1. The summed E-state index contributed by atoms with van der Waals surface area (Å²) in [4.78, 5) is 26.0. The first kappa shape index (κ1) is 25.4. The van der Waals surface area contributed by atoms with E-state index in [0.29, 0.717) is 51.6 Å². The van der Waals surface area contributed by atoms with Gasteiger partial charge in [0.2, 0.25) is 0 Å². The topological polar surface area (TPSA) is 68.2 Å². The number of imide groups is 1. The molecule has 190 valence electrons. The number of hydrogen-bond donors (Lipinski definition) is 0. The lowest BCUT2D eigenvalue weighted by Gasteiger charge is -2.16. The zero-order valence-corrected chi connectivity index (χ0v) is 22.6. The molecule has 1 aliphatic heterocycles. The van der Waals surface area contributed by atoms with Crippen molar-refractivity contribution in [3.8, 4) is 11.5 Å². The molecule has 4 aromatic rings. The van der Waals surface area contributed by atoms with Gasteiger partial charge in [0.05, 0.1) is 22.4 Å². The SMILES string of the molecule is CCOc1cc(/C=C2/C(=O)N(C(=O)c3ccccc3)N=C2C)cc(Br)c1OCc1cccc2ccccc12. The number of ether oxygens (including phenoxy) is 2. The van der Waals surface area contributed by atoms with Crippen molar-refractivity contribution in [1.82, 2.24) is 5.01 Å². The zero-order valence-electron chi connectivity index (χ0n) is 21.0. The van der Waals surface area contributed by atoms with Crippen LogP contribution in [0.15, 0.2) is 100 Å². The van der Waals surface area contributed by atoms with E-state index in [1.165, 1.54) is 0 Å². The molecule has 1 aliphatic rings. The fourth-order valence-electron chi connectivity index (χ4n) is 4.33. The summed E-state index contributed by atoms with van der Waals surface area (Å²) in [6.07, 6.45) is 1.71. The van der Waals surface area contributed by atoms with Crippen LogP contribution in [0, 0.1) is 0 Å². The molecule has 0 saturated carbocycles. The Kier molecular flexibility index (Phi) is 7.38. The molecule has 0 fully saturated rings. The Hall–Kier alpha value is -4.23. The lowest BCUT2D eigenvalue weighted by Crippen LogP contribution is -2.29. The van der Waals surface area contributed by atoms with Crippen LogP contribution < -0.4 is 9.47 Å². The van der Waals surface area contributed by atoms with Gasteiger partial charge in [0, 0.05) is 5.56 Å². The van der Waals surface area contributed by atoms with Crippen LogP contribution in [-0.4, -0.2) is 29.1 Å². The van der Waals surface area contributed by atoms with E-state index < -0.39 is 11.8 Å². The van der Waals surface area contributed by atoms with Gasteiger partial charge in [-0.25, -0.2) is 0 Å². The van der Waals surface area contributed by atoms with Crippen molar-refractivity contribution in [2.24, 2.45) is 5.10 Å². The first-order chi connectivity index (χ1) is 18.5. The number of amides is 2. The molecule has 5 rings (SSSR count). The lowest BCUT2D eigenvalue weighted by molar-refractivity contribution is -0.123. The molecule has 1 heterocycles. The summed E-state index contributed by atoms with van der Waals surface area (Å²) < 4.78 is 12.8. The molecule has 0 N–H and O–H groups in total. The van der Waals surface area contributed by atoms with E-state index in [0.717, 1.165) is 21.3 Å². The highest BCUT2D eigenvalue weighted by Gasteiger charge is 2.33. The fraction of sp³-hybridized carbons (Fsp3) is 0.129. The number of benzene rings is 4. The maximum absolute atomic E-state index is 13.1. The second-order valence-corrected chi connectivity index (χ2v) is 9.58. The molecule has 7 heteroatoms. The number of hydrazone groups is 1. The highest BCUT2D eigenvalue weighted by molar-refractivity contribution is 9.10. The van der Waals surface area contributed by atoms with E-state index >= 15 is 0 Å². The number of carbonyl (C=O) groups excluding carboxylic acids is 2. The Balaban J connectivity index is 1.42. The average molecular weight is 569 g/mol. The minimum Gasteiger partial charge on any atom is -0.490 e. The molecule has 4 aromatic carbocycles. The third kappa shape index (κ3) is 5.10. The average Bonchev–Trinajstić information content (AvgIpc) is 3.21. The van der Waals surface area contributed by atoms with Crippen LogP contribution in [0.3, 0.4) is 0 Å². The molecule has 0 spiro atoms. The normalized spacial score (nSPS) is 14.2. The number of fused-ring (bicyclic) bond motifs is 1. The van der Waals surface area contributed by atoms with Crippen molar-refractivity contribution in [2.45, 2.75) is 20.5 Å². The molecular weight excluding hydrogens is 544 g/mol. The predicted octanol–water partition coefficient (Wildman–Crippen LogP) is 7.02. The van der Waals surface area contributed by atoms with E-state index in [1.54, 1.807) is 37.3 Å². The fourth-order valence-corrected chi connectivity index (χ4v) is 4.91. The number of rotatable bonds is 7. The van der Waals surface area contributed by atoms with Gasteiger partial charge in [-0.15, -0.1) is 0 Å². The molecule has 0 unspecified atom stereocenters. The minimum atomic E-state index is -0.471. The van der Waals surface area contributed by atoms with Crippen molar-refractivity contribution in [2.75, 3.05) is 6.61 Å². The molecular formula is C31H25BrN2O4. The van der Waals surface area contributed by atoms with Crippen molar-refractivity contribution < 1.29 is 19.1 Å². The van der Waals surface area contributed by atoms with Crippen LogP contribution >= 0.6 is 15.9 Å². The first-order valence-corrected chi connectivity index (χ1v) is 13.0. The molecule has 2 amide bonds. The Morgan fingerprint density at radius 3 is 2.50 bits per heavy atom. The Morgan fingerprint density at radius 2 is 1.71 bits per heavy atom. The maximum atomic E-state index is 13.1. The largest absolute Gasteiger partial charge is 0.490 e. The lowest BCUT2D eigenvalue weighted by atomic mass is 10.1. The molecule has 6 nitrogen and oxygen atoms in total. The molecule has 0 atom stereocenters. The smallest absolute Gasteiger partial charge is 0.283 e. The minimum absolute atomic E-state index is 0.341. The van der Waals surface area contributed by atoms with Gasteiger partial charge >= 0.3 is 0 Å². The summed E-state index contributed by atoms with van der Waals surface area (Å²) in [5.41, 5.74) is 2.98. The van der Waals surface area contributed by atoms with Crippen molar-refractivity contribution in [3.05, 3.63) is 112 Å². The van der Waals surface area contributed by atoms with Crippen LogP contribution in [0.1, 0.15) is 35.3 Å². The van der Waals surface area contributed by atoms with Gasteiger partial charge in [-0.2, -0.15) is 10.1 Å². The summed E-state index contributed by atoms with van der Waals surface area (Å²) in [6.45, 7) is 4.41. The summed E-state index contributed by atoms with van der Waals surface area (Å²) in [5.74, 6) is 0.186. The molecule has 0 radical (unpaired) electrons. The molecule has 0 bridgehead atoms. The monoisotopic (exact) mass is 568 g/mol. The van der Waals surface area contributed by atoms with E-state index in [2.05, 4.69) is 39.2 Å². The van der Waals surface area contributed by atoms with E-state index in [-0.39, 0.29) is 0 Å². The van der Waals surface area contributed by atoms with Gasteiger partial charge in [-0.05, 0) is 82.0 Å². The number of hydrogen-bond acceptors (Lipinski definition) is 5. The van der Waals surface area contributed by atoms with Crippen molar-refractivity contribution >= 4 is 50.3 Å². The van der Waals surface area contributed by atoms with Gasteiger partial charge < -0.3 is 9.47 Å². The maximum Gasteiger partial charge on any atom is 0.283 e. The van der Waals surface area contributed by atoms with Crippen LogP contribution in [0.2, 0.25) is 0 Å². The van der Waals surface area contributed by atoms with E-state index in [9.17, 15) is 9.59 Å². The van der Waals surface area contributed by atoms with Gasteiger partial charge in [0.25, 0.3) is 11.8 Å². The van der Waals surface area contributed by atoms with Crippen LogP contribution in [-0.2, 0) is 11.4 Å². The summed E-state index contributed by atoms with van der Waals surface area (Å²) in [5, 5.41) is 7.42. The quantitative estimate of drug-likeness (QED) is 0.177. The van der Waals surface area contributed by atoms with Gasteiger partial charge in [-0.1, -0.05) is 60.7 Å². The van der Waals surface area contributed by atoms with Gasteiger partial charge in [0.15, 0.2) is 11.5 Å². The van der Waals surface area contributed by atoms with Crippen molar-refractivity contribution in [1.29, 1.82) is 0 Å². The second kappa shape index (κ2) is 11.0. The van der Waals surface area contributed by atoms with Crippen LogP contribution in [0.5, 0.6) is 11.5 Å². The third-order valence-electron chi connectivity index (χ3n) is 6.17. The van der Waals surface area contributed by atoms with Crippen LogP contribution in [0.25, 0.3) is 16.8 Å². The van der Waals surface area contributed by atoms with E-state index in [1.807, 2.05) is 49.4 Å². The molecule has 38 heavy (non-hydrogen) atoms. The highest BCUT2D eigenvalue weighted by Crippen LogP contribution is 2.39. The summed E-state index contributed by atoms with van der Waals surface area (Å²) in [7, 11) is 0. The summed E-state index contributed by atoms with van der Waals surface area (Å²) in [6, 6.07) is 26.6. The Morgan fingerprint density at radius 1 is 0.974 bits per heavy atom. The zero-order chi connectivity index (χ0) is 26.6. The van der Waals surface area contributed by atoms with Crippen LogP contribution in [0.4, 0.5) is 0 Å². The predicted molar refractivity (Wildman–Crippen MR) is 152 cm³/mol. The van der Waals surface area contributed by atoms with Gasteiger partial charge in [0.1, 0.15) is 6.61 Å². The van der Waals surface area contributed by atoms with Gasteiger partial charge in [-0.3, -0.25) is 9.59 Å². The Bertz CT molecular complexity index is 1590. The number of carbonyl (C=O) groups is 2. The molecule has 0 aliphatic carbocycles. The molecule has 0 saturated heterocycles. The number of nitrogens with zero attached hydrogens (tertiary/aromatic N) is 2. The standard InChI is InChI=1S/C31H25BrN2O4/c1-3-37-28-18-21(16-26-20(2)33-34(31(26)36)30(35)23-11-5-4-6-12-23)17-27(32)29(28)38-19-24-14-9-13-22-10-7-8-15-25(22)24/h4-18H,3,19H2,1-2H3/b26-16+. The first-order valence-electron chi connectivity index (χ1n) is 12.2. The molecule has 0 aromatic heterocycles. The van der Waals surface area contributed by atoms with Crippen molar-refractivity contribution in [3.63, 3.8) is 0 Å². The van der Waals surface area contributed by atoms with E-state index in [4.69, 9.17) is 9.47 Å². The highest BCUT2D eigenvalue weighted by atomic mass is 79.9.